The second-order valence-electron chi connectivity index (χ2n) is 4.82. The van der Waals surface area contributed by atoms with Crippen molar-refractivity contribution in [3.63, 3.8) is 0 Å². The molecule has 20 heavy (non-hydrogen) atoms. The predicted octanol–water partition coefficient (Wildman–Crippen LogP) is 0.311. The third-order valence-corrected chi connectivity index (χ3v) is 3.83. The molecule has 3 rings (SSSR count). The van der Waals surface area contributed by atoms with Gasteiger partial charge in [0.05, 0.1) is 11.1 Å². The minimum absolute atomic E-state index is 0.0984. The minimum Gasteiger partial charge on any atom is -0.479 e. The highest BCUT2D eigenvalue weighted by molar-refractivity contribution is 6.23. The minimum atomic E-state index is -1.52. The average molecular weight is 276 g/mol. The van der Waals surface area contributed by atoms with Gasteiger partial charge in [0.25, 0.3) is 11.8 Å². The summed E-state index contributed by atoms with van der Waals surface area (Å²) < 4.78 is 5.16. The molecule has 1 aromatic heterocycles. The van der Waals surface area contributed by atoms with Crippen molar-refractivity contribution in [3.05, 3.63) is 29.6 Å². The number of nitrogens with zero attached hydrogens (tertiary/aromatic N) is 2. The molecule has 0 atom stereocenters. The van der Waals surface area contributed by atoms with Gasteiger partial charge in [0.1, 0.15) is 0 Å². The van der Waals surface area contributed by atoms with E-state index in [-0.39, 0.29) is 37.2 Å². The van der Waals surface area contributed by atoms with E-state index in [0.717, 1.165) is 4.90 Å². The van der Waals surface area contributed by atoms with Gasteiger partial charge in [-0.2, -0.15) is 0 Å². The summed E-state index contributed by atoms with van der Waals surface area (Å²) in [5.41, 5.74) is -1.16. The highest BCUT2D eigenvalue weighted by atomic mass is 16.5. The van der Waals surface area contributed by atoms with Crippen LogP contribution in [0.15, 0.2) is 18.5 Å². The number of rotatable bonds is 2. The number of amides is 2. The van der Waals surface area contributed by atoms with E-state index in [2.05, 4.69) is 4.98 Å². The smallest absolute Gasteiger partial charge is 0.330 e. The summed E-state index contributed by atoms with van der Waals surface area (Å²) in [6.45, 7) is 0.413. The van der Waals surface area contributed by atoms with Crippen molar-refractivity contribution in [2.75, 3.05) is 13.2 Å². The van der Waals surface area contributed by atoms with Crippen LogP contribution >= 0.6 is 0 Å². The van der Waals surface area contributed by atoms with Crippen LogP contribution in [0.4, 0.5) is 0 Å². The number of carboxylic acids is 1. The molecule has 7 heteroatoms. The van der Waals surface area contributed by atoms with E-state index in [0.29, 0.717) is 0 Å². The fourth-order valence-electron chi connectivity index (χ4n) is 2.72. The zero-order valence-electron chi connectivity index (χ0n) is 10.5. The molecule has 1 aromatic rings. The molecule has 2 aliphatic heterocycles. The standard InChI is InChI=1S/C13H12N2O5/c16-10-8-1-4-14-7-9(8)11(17)15(10)13(12(18)19)2-5-20-6-3-13/h1,4,7H,2-3,5-6H2,(H,18,19). The number of ether oxygens (including phenoxy) is 1. The molecule has 0 radical (unpaired) electrons. The lowest BCUT2D eigenvalue weighted by Gasteiger charge is -2.39. The Morgan fingerprint density at radius 3 is 2.50 bits per heavy atom. The first kappa shape index (κ1) is 12.7. The molecule has 0 saturated carbocycles. The fourth-order valence-corrected chi connectivity index (χ4v) is 2.72. The molecule has 2 aliphatic rings. The van der Waals surface area contributed by atoms with Gasteiger partial charge in [0.2, 0.25) is 0 Å². The number of imide groups is 1. The van der Waals surface area contributed by atoms with E-state index in [1.165, 1.54) is 18.5 Å². The summed E-state index contributed by atoms with van der Waals surface area (Å²) in [5.74, 6) is -2.35. The Morgan fingerprint density at radius 1 is 1.25 bits per heavy atom. The molecule has 0 unspecified atom stereocenters. The number of hydrogen-bond donors (Lipinski definition) is 1. The molecule has 2 amide bonds. The average Bonchev–Trinajstić information content (AvgIpc) is 2.72. The van der Waals surface area contributed by atoms with Gasteiger partial charge in [-0.05, 0) is 6.07 Å². The highest BCUT2D eigenvalue weighted by Crippen LogP contribution is 2.35. The summed E-state index contributed by atoms with van der Waals surface area (Å²) in [6, 6.07) is 1.43. The number of fused-ring (bicyclic) bond motifs is 1. The third kappa shape index (κ3) is 1.56. The van der Waals surface area contributed by atoms with Gasteiger partial charge >= 0.3 is 5.97 Å². The molecule has 3 heterocycles. The van der Waals surface area contributed by atoms with Crippen molar-refractivity contribution in [2.45, 2.75) is 18.4 Å². The second-order valence-corrected chi connectivity index (χ2v) is 4.82. The molecule has 104 valence electrons. The lowest BCUT2D eigenvalue weighted by atomic mass is 9.88. The highest BCUT2D eigenvalue weighted by Gasteiger charge is 2.54. The van der Waals surface area contributed by atoms with Crippen LogP contribution < -0.4 is 0 Å². The normalized spacial score (nSPS) is 20.9. The van der Waals surface area contributed by atoms with Crippen molar-refractivity contribution in [2.24, 2.45) is 0 Å². The Labute approximate surface area is 114 Å². The Kier molecular flexibility index (Phi) is 2.79. The molecule has 0 aliphatic carbocycles. The fraction of sp³-hybridized carbons (Fsp3) is 0.385. The number of aliphatic carboxylic acids is 1. The van der Waals surface area contributed by atoms with Crippen LogP contribution in [-0.4, -0.2) is 51.5 Å². The van der Waals surface area contributed by atoms with Gasteiger partial charge in [-0.1, -0.05) is 0 Å². The summed E-state index contributed by atoms with van der Waals surface area (Å²) >= 11 is 0. The van der Waals surface area contributed by atoms with Crippen molar-refractivity contribution in [1.29, 1.82) is 0 Å². The third-order valence-electron chi connectivity index (χ3n) is 3.83. The summed E-state index contributed by atoms with van der Waals surface area (Å²) in [7, 11) is 0. The SMILES string of the molecule is O=C1c2ccncc2C(=O)N1C1(C(=O)O)CCOCC1. The van der Waals surface area contributed by atoms with E-state index >= 15 is 0 Å². The van der Waals surface area contributed by atoms with Crippen LogP contribution in [0, 0.1) is 0 Å². The first-order chi connectivity index (χ1) is 9.58. The first-order valence-electron chi connectivity index (χ1n) is 6.22. The zero-order chi connectivity index (χ0) is 14.3. The molecule has 1 N–H and O–H groups in total. The van der Waals surface area contributed by atoms with Crippen LogP contribution in [0.5, 0.6) is 0 Å². The molecule has 0 spiro atoms. The molecule has 0 aromatic carbocycles. The Balaban J connectivity index is 2.08. The van der Waals surface area contributed by atoms with Gasteiger partial charge < -0.3 is 9.84 Å². The van der Waals surface area contributed by atoms with Gasteiger partial charge in [-0.15, -0.1) is 0 Å². The van der Waals surface area contributed by atoms with Crippen molar-refractivity contribution >= 4 is 17.8 Å². The van der Waals surface area contributed by atoms with Crippen molar-refractivity contribution in [1.82, 2.24) is 9.88 Å². The number of pyridine rings is 1. The van der Waals surface area contributed by atoms with Crippen LogP contribution in [0.1, 0.15) is 33.6 Å². The number of aromatic nitrogens is 1. The second kappa shape index (κ2) is 4.38. The molecular weight excluding hydrogens is 264 g/mol. The van der Waals surface area contributed by atoms with E-state index < -0.39 is 23.3 Å². The molecule has 1 saturated heterocycles. The zero-order valence-corrected chi connectivity index (χ0v) is 10.5. The van der Waals surface area contributed by atoms with Gasteiger partial charge in [0, 0.05) is 38.4 Å². The molecule has 0 bridgehead atoms. The Bertz CT molecular complexity index is 572. The lowest BCUT2D eigenvalue weighted by molar-refractivity contribution is -0.154. The van der Waals surface area contributed by atoms with Crippen LogP contribution in [-0.2, 0) is 9.53 Å². The topological polar surface area (TPSA) is 96.8 Å². The Morgan fingerprint density at radius 2 is 1.90 bits per heavy atom. The number of carbonyl (C=O) groups excluding carboxylic acids is 2. The van der Waals surface area contributed by atoms with E-state index in [4.69, 9.17) is 4.74 Å². The van der Waals surface area contributed by atoms with Crippen molar-refractivity contribution in [3.8, 4) is 0 Å². The van der Waals surface area contributed by atoms with Gasteiger partial charge in [-0.25, -0.2) is 4.79 Å². The predicted molar refractivity (Wildman–Crippen MR) is 65.2 cm³/mol. The Hall–Kier alpha value is -2.28. The van der Waals surface area contributed by atoms with Crippen molar-refractivity contribution < 1.29 is 24.2 Å². The van der Waals surface area contributed by atoms with E-state index in [9.17, 15) is 19.5 Å². The molecule has 7 nitrogen and oxygen atoms in total. The first-order valence-corrected chi connectivity index (χ1v) is 6.22. The quantitative estimate of drug-likeness (QED) is 0.781. The van der Waals surface area contributed by atoms with Crippen LogP contribution in [0.2, 0.25) is 0 Å². The monoisotopic (exact) mass is 276 g/mol. The lowest BCUT2D eigenvalue weighted by Crippen LogP contribution is -2.59. The largest absolute Gasteiger partial charge is 0.479 e. The van der Waals surface area contributed by atoms with E-state index in [1.807, 2.05) is 0 Å². The van der Waals surface area contributed by atoms with Crippen LogP contribution in [0.3, 0.4) is 0 Å². The van der Waals surface area contributed by atoms with Gasteiger partial charge in [-0.3, -0.25) is 19.5 Å². The van der Waals surface area contributed by atoms with Crippen LogP contribution in [0.25, 0.3) is 0 Å². The number of carbonyl (C=O) groups is 3. The molecular formula is C13H12N2O5. The maximum absolute atomic E-state index is 12.4. The summed E-state index contributed by atoms with van der Waals surface area (Å²) in [4.78, 5) is 41.1. The maximum atomic E-state index is 12.4. The summed E-state index contributed by atoms with van der Waals surface area (Å²) in [6.07, 6.45) is 2.90. The molecule has 1 fully saturated rings. The van der Waals surface area contributed by atoms with Gasteiger partial charge in [0.15, 0.2) is 5.54 Å². The summed E-state index contributed by atoms with van der Waals surface area (Å²) in [5, 5.41) is 9.55. The number of hydrogen-bond acceptors (Lipinski definition) is 5. The van der Waals surface area contributed by atoms with E-state index in [1.54, 1.807) is 0 Å². The number of carboxylic acid groups (broad SMARTS) is 1. The maximum Gasteiger partial charge on any atom is 0.330 e.